The molecular formula is C20H18N2O6. The van der Waals surface area contributed by atoms with Gasteiger partial charge >= 0.3 is 11.7 Å². The van der Waals surface area contributed by atoms with Gasteiger partial charge in [-0.05, 0) is 42.3 Å². The number of carbonyl (C=O) groups excluding carboxylic acids is 1. The number of ether oxygens (including phenoxy) is 3. The van der Waals surface area contributed by atoms with E-state index in [4.69, 9.17) is 14.2 Å². The van der Waals surface area contributed by atoms with Gasteiger partial charge in [0, 0.05) is 11.6 Å². The lowest BCUT2D eigenvalue weighted by molar-refractivity contribution is -0.385. The smallest absolute Gasteiger partial charge is 0.363 e. The van der Waals surface area contributed by atoms with Crippen molar-refractivity contribution in [1.82, 2.24) is 0 Å². The molecule has 28 heavy (non-hydrogen) atoms. The van der Waals surface area contributed by atoms with Gasteiger partial charge in [0.1, 0.15) is 5.75 Å². The van der Waals surface area contributed by atoms with Crippen molar-refractivity contribution in [2.45, 2.75) is 13.3 Å². The van der Waals surface area contributed by atoms with Crippen molar-refractivity contribution in [1.29, 1.82) is 0 Å². The van der Waals surface area contributed by atoms with E-state index in [1.54, 1.807) is 36.4 Å². The molecule has 0 fully saturated rings. The third-order valence-corrected chi connectivity index (χ3v) is 3.90. The van der Waals surface area contributed by atoms with Gasteiger partial charge in [0.05, 0.1) is 18.6 Å². The fraction of sp³-hybridized carbons (Fsp3) is 0.200. The lowest BCUT2D eigenvalue weighted by atomic mass is 10.2. The maximum absolute atomic E-state index is 12.1. The molecule has 1 aliphatic heterocycles. The van der Waals surface area contributed by atoms with Gasteiger partial charge in [0.2, 0.25) is 5.90 Å². The molecule has 8 nitrogen and oxygen atoms in total. The molecule has 0 unspecified atom stereocenters. The van der Waals surface area contributed by atoms with Gasteiger partial charge in [-0.2, -0.15) is 0 Å². The van der Waals surface area contributed by atoms with E-state index in [0.717, 1.165) is 17.7 Å². The number of carbonyl (C=O) groups is 1. The quantitative estimate of drug-likeness (QED) is 0.313. The van der Waals surface area contributed by atoms with Crippen LogP contribution in [0.5, 0.6) is 11.5 Å². The van der Waals surface area contributed by atoms with Crippen LogP contribution in [-0.2, 0) is 9.53 Å². The number of benzene rings is 2. The van der Waals surface area contributed by atoms with E-state index >= 15 is 0 Å². The zero-order valence-corrected chi connectivity index (χ0v) is 15.4. The molecule has 1 aliphatic rings. The summed E-state index contributed by atoms with van der Waals surface area (Å²) in [6, 6.07) is 11.4. The predicted octanol–water partition coefficient (Wildman–Crippen LogP) is 3.74. The fourth-order valence-electron chi connectivity index (χ4n) is 2.54. The first-order valence-electron chi connectivity index (χ1n) is 8.60. The van der Waals surface area contributed by atoms with E-state index < -0.39 is 10.9 Å². The van der Waals surface area contributed by atoms with Crippen LogP contribution in [0.1, 0.15) is 24.5 Å². The van der Waals surface area contributed by atoms with Crippen molar-refractivity contribution < 1.29 is 23.9 Å². The second-order valence-corrected chi connectivity index (χ2v) is 5.90. The highest BCUT2D eigenvalue weighted by Crippen LogP contribution is 2.29. The maximum atomic E-state index is 12.1. The van der Waals surface area contributed by atoms with Crippen LogP contribution in [0.4, 0.5) is 5.69 Å². The standard InChI is InChI=1S/C20H18N2O6/c1-3-10-27-15-7-4-13(5-8-15)11-16-20(23)28-19(21-16)14-6-9-18(26-2)17(12-14)22(24)25/h4-9,11-12H,3,10H2,1-2H3/b16-11-. The Morgan fingerprint density at radius 2 is 1.96 bits per heavy atom. The summed E-state index contributed by atoms with van der Waals surface area (Å²) in [5.74, 6) is 0.234. The van der Waals surface area contributed by atoms with Gasteiger partial charge in [0.15, 0.2) is 11.4 Å². The zero-order valence-electron chi connectivity index (χ0n) is 15.4. The Hall–Kier alpha value is -3.68. The van der Waals surface area contributed by atoms with Crippen LogP contribution in [0.15, 0.2) is 53.2 Å². The minimum absolute atomic E-state index is 0.00454. The molecule has 2 aromatic rings. The highest BCUT2D eigenvalue weighted by atomic mass is 16.6. The van der Waals surface area contributed by atoms with Gasteiger partial charge in [-0.3, -0.25) is 10.1 Å². The minimum atomic E-state index is -0.625. The molecule has 0 saturated heterocycles. The predicted molar refractivity (Wildman–Crippen MR) is 102 cm³/mol. The molecule has 0 bridgehead atoms. The number of nitrogens with zero attached hydrogens (tertiary/aromatic N) is 2. The molecule has 0 N–H and O–H groups in total. The number of hydrogen-bond acceptors (Lipinski definition) is 7. The third-order valence-electron chi connectivity index (χ3n) is 3.90. The van der Waals surface area contributed by atoms with Gasteiger partial charge in [-0.1, -0.05) is 19.1 Å². The summed E-state index contributed by atoms with van der Waals surface area (Å²) in [6.07, 6.45) is 2.50. The third kappa shape index (κ3) is 4.17. The summed E-state index contributed by atoms with van der Waals surface area (Å²) in [5.41, 5.74) is 0.934. The highest BCUT2D eigenvalue weighted by Gasteiger charge is 2.26. The van der Waals surface area contributed by atoms with Crippen LogP contribution in [0, 0.1) is 10.1 Å². The SMILES string of the molecule is CCCOc1ccc(/C=C2\N=C(c3ccc(OC)c([N+](=O)[O-])c3)OC2=O)cc1. The molecule has 0 spiro atoms. The van der Waals surface area contributed by atoms with Gasteiger partial charge in [-0.25, -0.2) is 9.79 Å². The van der Waals surface area contributed by atoms with Crippen LogP contribution in [0.3, 0.4) is 0 Å². The van der Waals surface area contributed by atoms with Crippen LogP contribution in [0.25, 0.3) is 6.08 Å². The number of esters is 1. The summed E-state index contributed by atoms with van der Waals surface area (Å²) >= 11 is 0. The van der Waals surface area contributed by atoms with Crippen LogP contribution in [0.2, 0.25) is 0 Å². The van der Waals surface area contributed by atoms with E-state index in [-0.39, 0.29) is 23.0 Å². The molecule has 0 amide bonds. The molecule has 144 valence electrons. The molecule has 0 radical (unpaired) electrons. The molecule has 0 aromatic heterocycles. The summed E-state index contributed by atoms with van der Waals surface area (Å²) in [7, 11) is 1.34. The summed E-state index contributed by atoms with van der Waals surface area (Å²) in [4.78, 5) is 26.9. The monoisotopic (exact) mass is 382 g/mol. The van der Waals surface area contributed by atoms with Crippen molar-refractivity contribution in [3.8, 4) is 11.5 Å². The Morgan fingerprint density at radius 3 is 2.61 bits per heavy atom. The summed E-state index contributed by atoms with van der Waals surface area (Å²) in [5, 5.41) is 11.2. The normalized spacial score (nSPS) is 14.6. The number of nitro benzene ring substituents is 1. The minimum Gasteiger partial charge on any atom is -0.494 e. The number of nitro groups is 1. The zero-order chi connectivity index (χ0) is 20.1. The topological polar surface area (TPSA) is 100 Å². The Kier molecular flexibility index (Phi) is 5.69. The Labute approximate surface area is 161 Å². The highest BCUT2D eigenvalue weighted by molar-refractivity contribution is 6.13. The number of rotatable bonds is 7. The van der Waals surface area contributed by atoms with E-state index in [0.29, 0.717) is 12.2 Å². The summed E-state index contributed by atoms with van der Waals surface area (Å²) in [6.45, 7) is 2.66. The molecule has 2 aromatic carbocycles. The average molecular weight is 382 g/mol. The van der Waals surface area contributed by atoms with Crippen LogP contribution < -0.4 is 9.47 Å². The van der Waals surface area contributed by atoms with Crippen molar-refractivity contribution in [2.24, 2.45) is 4.99 Å². The average Bonchev–Trinajstić information content (AvgIpc) is 3.07. The molecular weight excluding hydrogens is 364 g/mol. The fourth-order valence-corrected chi connectivity index (χ4v) is 2.54. The Morgan fingerprint density at radius 1 is 1.21 bits per heavy atom. The second kappa shape index (κ2) is 8.34. The molecule has 0 aliphatic carbocycles. The van der Waals surface area contributed by atoms with Crippen molar-refractivity contribution in [3.05, 3.63) is 69.4 Å². The number of methoxy groups -OCH3 is 1. The number of hydrogen-bond donors (Lipinski definition) is 0. The Balaban J connectivity index is 1.85. The first kappa shape index (κ1) is 19.1. The largest absolute Gasteiger partial charge is 0.494 e. The van der Waals surface area contributed by atoms with E-state index in [2.05, 4.69) is 4.99 Å². The van der Waals surface area contributed by atoms with Crippen molar-refractivity contribution >= 4 is 23.6 Å². The van der Waals surface area contributed by atoms with Gasteiger partial charge in [0.25, 0.3) is 0 Å². The first-order valence-corrected chi connectivity index (χ1v) is 8.60. The lowest BCUT2D eigenvalue weighted by Crippen LogP contribution is -2.06. The number of cyclic esters (lactones) is 1. The molecule has 8 heteroatoms. The number of aliphatic imine (C=N–C) groups is 1. The molecule has 1 heterocycles. The van der Waals surface area contributed by atoms with Gasteiger partial charge < -0.3 is 14.2 Å². The summed E-state index contributed by atoms with van der Waals surface area (Å²) < 4.78 is 15.7. The van der Waals surface area contributed by atoms with Crippen LogP contribution >= 0.6 is 0 Å². The second-order valence-electron chi connectivity index (χ2n) is 5.90. The molecule has 0 atom stereocenters. The van der Waals surface area contributed by atoms with Crippen molar-refractivity contribution in [3.63, 3.8) is 0 Å². The lowest BCUT2D eigenvalue weighted by Gasteiger charge is -2.04. The Bertz CT molecular complexity index is 963. The van der Waals surface area contributed by atoms with Crippen molar-refractivity contribution in [2.75, 3.05) is 13.7 Å². The van der Waals surface area contributed by atoms with E-state index in [9.17, 15) is 14.9 Å². The van der Waals surface area contributed by atoms with E-state index in [1.165, 1.54) is 19.2 Å². The molecule has 0 saturated carbocycles. The molecule has 3 rings (SSSR count). The van der Waals surface area contributed by atoms with Crippen LogP contribution in [-0.4, -0.2) is 30.5 Å². The first-order chi connectivity index (χ1) is 13.5. The van der Waals surface area contributed by atoms with Gasteiger partial charge in [-0.15, -0.1) is 0 Å². The van der Waals surface area contributed by atoms with E-state index in [1.807, 2.05) is 6.92 Å². The maximum Gasteiger partial charge on any atom is 0.363 e.